The third-order valence-corrected chi connectivity index (χ3v) is 2.13. The Morgan fingerprint density at radius 3 is 2.53 bits per heavy atom. The summed E-state index contributed by atoms with van der Waals surface area (Å²) in [7, 11) is 0. The number of nitrogens with one attached hydrogen (secondary N) is 3. The van der Waals surface area contributed by atoms with Crippen molar-refractivity contribution >= 4 is 29.0 Å². The number of nitrogens with zero attached hydrogens (tertiary/aromatic N) is 1. The van der Waals surface area contributed by atoms with Crippen LogP contribution in [0.2, 0.25) is 0 Å². The fourth-order valence-electron chi connectivity index (χ4n) is 1.43. The Kier molecular flexibility index (Phi) is 3.04. The highest BCUT2D eigenvalue weighted by atomic mass is 16.2. The molecule has 0 saturated carbocycles. The minimum atomic E-state index is -0.115. The molecule has 88 valence electrons. The molecular formula is C11H12N4O2. The van der Waals surface area contributed by atoms with Crippen LogP contribution < -0.4 is 16.2 Å². The summed E-state index contributed by atoms with van der Waals surface area (Å²) in [5.41, 5.74) is 6.57. The van der Waals surface area contributed by atoms with Gasteiger partial charge in [0.15, 0.2) is 0 Å². The van der Waals surface area contributed by atoms with Gasteiger partial charge in [-0.3, -0.25) is 20.4 Å². The Morgan fingerprint density at radius 1 is 1.29 bits per heavy atom. The van der Waals surface area contributed by atoms with Crippen molar-refractivity contribution in [3.05, 3.63) is 24.3 Å². The predicted octanol–water partition coefficient (Wildman–Crippen LogP) is 0.699. The first kappa shape index (κ1) is 11.1. The molecule has 1 heterocycles. The normalized spacial score (nSPS) is 16.5. The van der Waals surface area contributed by atoms with Gasteiger partial charge in [-0.25, -0.2) is 4.99 Å². The van der Waals surface area contributed by atoms with E-state index in [1.165, 1.54) is 6.92 Å². The number of aliphatic imine (C=N–C) groups is 1. The summed E-state index contributed by atoms with van der Waals surface area (Å²) in [6, 6.07) is 7.04. The second kappa shape index (κ2) is 4.65. The van der Waals surface area contributed by atoms with Crippen LogP contribution in [0.4, 0.5) is 11.4 Å². The molecule has 2 amide bonds. The lowest BCUT2D eigenvalue weighted by Gasteiger charge is -2.02. The maximum Gasteiger partial charge on any atom is 0.245 e. The van der Waals surface area contributed by atoms with E-state index in [4.69, 9.17) is 0 Å². The van der Waals surface area contributed by atoms with Crippen molar-refractivity contribution in [3.8, 4) is 0 Å². The number of amidine groups is 1. The van der Waals surface area contributed by atoms with Gasteiger partial charge in [0.2, 0.25) is 11.8 Å². The summed E-state index contributed by atoms with van der Waals surface area (Å²) < 4.78 is 0. The molecule has 1 aromatic rings. The lowest BCUT2D eigenvalue weighted by molar-refractivity contribution is -0.119. The average molecular weight is 232 g/mol. The highest BCUT2D eigenvalue weighted by Gasteiger charge is 2.14. The lowest BCUT2D eigenvalue weighted by atomic mass is 10.3. The van der Waals surface area contributed by atoms with Crippen molar-refractivity contribution in [3.63, 3.8) is 0 Å². The molecule has 1 aromatic carbocycles. The molecule has 2 rings (SSSR count). The van der Waals surface area contributed by atoms with E-state index in [0.29, 0.717) is 5.84 Å². The van der Waals surface area contributed by atoms with Crippen LogP contribution in [0.25, 0.3) is 0 Å². The monoisotopic (exact) mass is 232 g/mol. The zero-order valence-electron chi connectivity index (χ0n) is 9.28. The van der Waals surface area contributed by atoms with E-state index in [1.54, 1.807) is 24.3 Å². The van der Waals surface area contributed by atoms with E-state index in [2.05, 4.69) is 21.2 Å². The molecule has 0 radical (unpaired) electrons. The maximum absolute atomic E-state index is 10.9. The number of carbonyl (C=O) groups excluding carboxylic acids is 2. The molecule has 1 aliphatic rings. The van der Waals surface area contributed by atoms with Gasteiger partial charge in [0, 0.05) is 12.6 Å². The van der Waals surface area contributed by atoms with Gasteiger partial charge in [-0.1, -0.05) is 0 Å². The van der Waals surface area contributed by atoms with Crippen LogP contribution in [0.5, 0.6) is 0 Å². The number of carbonyl (C=O) groups is 2. The molecular weight excluding hydrogens is 220 g/mol. The van der Waals surface area contributed by atoms with Gasteiger partial charge < -0.3 is 5.32 Å². The first-order valence-electron chi connectivity index (χ1n) is 5.13. The van der Waals surface area contributed by atoms with Crippen molar-refractivity contribution in [2.75, 3.05) is 5.32 Å². The highest BCUT2D eigenvalue weighted by molar-refractivity contribution is 6.05. The minimum absolute atomic E-state index is 0.0985. The van der Waals surface area contributed by atoms with Crippen LogP contribution in [0.3, 0.4) is 0 Å². The van der Waals surface area contributed by atoms with E-state index < -0.39 is 0 Å². The molecule has 0 spiro atoms. The molecule has 3 N–H and O–H groups in total. The quantitative estimate of drug-likeness (QED) is 0.702. The molecule has 6 nitrogen and oxygen atoms in total. The summed E-state index contributed by atoms with van der Waals surface area (Å²) >= 11 is 0. The smallest absolute Gasteiger partial charge is 0.245 e. The standard InChI is InChI=1S/C11H12N4O2/c1-7(16)12-8-2-4-9(5-3-8)13-10-6-11(17)15-14-10/h2-5H,6H2,1H3,(H,12,16)(H,13,14)(H,15,17). The van der Waals surface area contributed by atoms with Crippen molar-refractivity contribution in [2.45, 2.75) is 13.3 Å². The van der Waals surface area contributed by atoms with Gasteiger partial charge in [-0.15, -0.1) is 0 Å². The topological polar surface area (TPSA) is 82.6 Å². The number of amides is 2. The van der Waals surface area contributed by atoms with E-state index >= 15 is 0 Å². The molecule has 1 aliphatic heterocycles. The van der Waals surface area contributed by atoms with Gasteiger partial charge in [0.1, 0.15) is 5.84 Å². The zero-order valence-corrected chi connectivity index (χ0v) is 9.28. The second-order valence-electron chi connectivity index (χ2n) is 3.64. The zero-order chi connectivity index (χ0) is 12.3. The fourth-order valence-corrected chi connectivity index (χ4v) is 1.43. The molecule has 6 heteroatoms. The fraction of sp³-hybridized carbons (Fsp3) is 0.182. The van der Waals surface area contributed by atoms with Crippen LogP contribution in [-0.2, 0) is 9.59 Å². The maximum atomic E-state index is 10.9. The van der Waals surface area contributed by atoms with Crippen LogP contribution in [-0.4, -0.2) is 17.6 Å². The van der Waals surface area contributed by atoms with Crippen molar-refractivity contribution in [1.29, 1.82) is 0 Å². The van der Waals surface area contributed by atoms with Crippen LogP contribution >= 0.6 is 0 Å². The summed E-state index contributed by atoms with van der Waals surface area (Å²) in [4.78, 5) is 26.0. The van der Waals surface area contributed by atoms with Gasteiger partial charge in [0.05, 0.1) is 12.1 Å². The Balaban J connectivity index is 2.08. The number of hydrogen-bond acceptors (Lipinski definition) is 3. The Morgan fingerprint density at radius 2 is 2.00 bits per heavy atom. The lowest BCUT2D eigenvalue weighted by Crippen LogP contribution is -2.28. The first-order valence-corrected chi connectivity index (χ1v) is 5.13. The van der Waals surface area contributed by atoms with Gasteiger partial charge in [-0.05, 0) is 24.3 Å². The number of hydrogen-bond donors (Lipinski definition) is 3. The van der Waals surface area contributed by atoms with Crippen LogP contribution in [0, 0.1) is 0 Å². The minimum Gasteiger partial charge on any atom is -0.326 e. The SMILES string of the molecule is CC(=O)Nc1ccc(N=C2CC(=O)NN2)cc1. The molecule has 0 aliphatic carbocycles. The number of benzene rings is 1. The summed E-state index contributed by atoms with van der Waals surface area (Å²) in [5, 5.41) is 2.66. The summed E-state index contributed by atoms with van der Waals surface area (Å²) in [6.07, 6.45) is 0.257. The van der Waals surface area contributed by atoms with E-state index in [9.17, 15) is 9.59 Å². The summed E-state index contributed by atoms with van der Waals surface area (Å²) in [6.45, 7) is 1.45. The Bertz CT molecular complexity index is 479. The molecule has 0 bridgehead atoms. The van der Waals surface area contributed by atoms with E-state index in [1.807, 2.05) is 0 Å². The molecule has 0 unspecified atom stereocenters. The van der Waals surface area contributed by atoms with Crippen LogP contribution in [0.1, 0.15) is 13.3 Å². The molecule has 0 aromatic heterocycles. The van der Waals surface area contributed by atoms with E-state index in [-0.39, 0.29) is 18.2 Å². The number of rotatable bonds is 2. The van der Waals surface area contributed by atoms with Crippen molar-refractivity contribution < 1.29 is 9.59 Å². The summed E-state index contributed by atoms with van der Waals surface area (Å²) in [5.74, 6) is 0.372. The first-order chi connectivity index (χ1) is 8.13. The van der Waals surface area contributed by atoms with Gasteiger partial charge in [-0.2, -0.15) is 0 Å². The second-order valence-corrected chi connectivity index (χ2v) is 3.64. The third-order valence-electron chi connectivity index (χ3n) is 2.13. The van der Waals surface area contributed by atoms with Crippen molar-refractivity contribution in [1.82, 2.24) is 10.9 Å². The third kappa shape index (κ3) is 3.04. The predicted molar refractivity (Wildman–Crippen MR) is 63.7 cm³/mol. The molecule has 17 heavy (non-hydrogen) atoms. The Labute approximate surface area is 98.1 Å². The molecule has 1 saturated heterocycles. The van der Waals surface area contributed by atoms with Gasteiger partial charge in [0.25, 0.3) is 0 Å². The van der Waals surface area contributed by atoms with Crippen LogP contribution in [0.15, 0.2) is 29.3 Å². The van der Waals surface area contributed by atoms with E-state index in [0.717, 1.165) is 11.4 Å². The largest absolute Gasteiger partial charge is 0.326 e. The number of anilines is 1. The highest BCUT2D eigenvalue weighted by Crippen LogP contribution is 2.17. The Hall–Kier alpha value is -2.37. The van der Waals surface area contributed by atoms with Crippen molar-refractivity contribution in [2.24, 2.45) is 4.99 Å². The average Bonchev–Trinajstić information content (AvgIpc) is 2.66. The molecule has 1 fully saturated rings. The van der Waals surface area contributed by atoms with Gasteiger partial charge >= 0.3 is 0 Å². The molecule has 0 atom stereocenters. The number of hydrazine groups is 1.